The maximum atomic E-state index is 13.6. The number of allylic oxidation sites excluding steroid dienone is 1. The van der Waals surface area contributed by atoms with Gasteiger partial charge in [0, 0.05) is 17.7 Å². The van der Waals surface area contributed by atoms with Crippen LogP contribution in [0.1, 0.15) is 82.6 Å². The maximum Gasteiger partial charge on any atom is 0.189 e. The Hall–Kier alpha value is -3.35. The molecule has 0 amide bonds. The minimum Gasteiger partial charge on any atom is -0.493 e. The van der Waals surface area contributed by atoms with Gasteiger partial charge in [0.1, 0.15) is 11.5 Å². The maximum absolute atomic E-state index is 13.6. The van der Waals surface area contributed by atoms with E-state index in [2.05, 4.69) is 0 Å². The lowest BCUT2D eigenvalue weighted by Gasteiger charge is -2.17. The van der Waals surface area contributed by atoms with E-state index in [4.69, 9.17) is 28.4 Å². The molecule has 0 atom stereocenters. The summed E-state index contributed by atoms with van der Waals surface area (Å²) in [7, 11) is 1.59. The highest BCUT2D eigenvalue weighted by atomic mass is 16.5. The van der Waals surface area contributed by atoms with Gasteiger partial charge in [0.25, 0.3) is 0 Å². The van der Waals surface area contributed by atoms with E-state index in [1.165, 1.54) is 6.08 Å². The van der Waals surface area contributed by atoms with E-state index in [0.717, 1.165) is 32.1 Å². The molecule has 0 fully saturated rings. The Balaban J connectivity index is 2.55. The second-order valence-electron chi connectivity index (χ2n) is 8.78. The third-order valence-corrected chi connectivity index (χ3v) is 5.29. The quantitative estimate of drug-likeness (QED) is 0.138. The van der Waals surface area contributed by atoms with Gasteiger partial charge < -0.3 is 28.4 Å². The topological polar surface area (TPSA) is 72.5 Å². The molecule has 0 aliphatic heterocycles. The molecule has 2 aromatic carbocycles. The van der Waals surface area contributed by atoms with Crippen LogP contribution in [-0.2, 0) is 0 Å². The standard InChI is InChI=1S/C31H44O7/c1-7-14-34-24-19-23(30(37-17-10-4)28(21-24)33-6)12-13-27(32)26-20-25(35-15-8-2)22-29(36-16-9-3)31(26)38-18-11-5/h12-13,19-22H,7-11,14-18H2,1-6H3. The molecular weight excluding hydrogens is 484 g/mol. The Morgan fingerprint density at radius 2 is 1.13 bits per heavy atom. The van der Waals surface area contributed by atoms with Crippen LogP contribution in [-0.4, -0.2) is 45.9 Å². The molecule has 210 valence electrons. The molecule has 0 unspecified atom stereocenters. The lowest BCUT2D eigenvalue weighted by Crippen LogP contribution is -2.08. The van der Waals surface area contributed by atoms with Crippen molar-refractivity contribution < 1.29 is 33.2 Å². The van der Waals surface area contributed by atoms with Crippen molar-refractivity contribution in [2.75, 3.05) is 40.1 Å². The van der Waals surface area contributed by atoms with Crippen molar-refractivity contribution >= 4 is 11.9 Å². The van der Waals surface area contributed by atoms with Crippen molar-refractivity contribution in [1.29, 1.82) is 0 Å². The first kappa shape index (κ1) is 30.9. The Morgan fingerprint density at radius 1 is 0.632 bits per heavy atom. The van der Waals surface area contributed by atoms with Gasteiger partial charge in [-0.15, -0.1) is 0 Å². The molecule has 0 aliphatic rings. The highest BCUT2D eigenvalue weighted by Crippen LogP contribution is 2.39. The molecule has 7 nitrogen and oxygen atoms in total. The summed E-state index contributed by atoms with van der Waals surface area (Å²) in [6.45, 7) is 12.8. The molecule has 0 aromatic heterocycles. The van der Waals surface area contributed by atoms with Crippen LogP contribution < -0.4 is 28.4 Å². The van der Waals surface area contributed by atoms with Gasteiger partial charge in [-0.05, 0) is 56.4 Å². The molecular formula is C31H44O7. The van der Waals surface area contributed by atoms with Crippen LogP contribution in [0.15, 0.2) is 30.3 Å². The summed E-state index contributed by atoms with van der Waals surface area (Å²) in [6.07, 6.45) is 7.43. The fraction of sp³-hybridized carbons (Fsp3) is 0.516. The Kier molecular flexibility index (Phi) is 14.0. The van der Waals surface area contributed by atoms with E-state index in [1.807, 2.05) is 46.8 Å². The van der Waals surface area contributed by atoms with Crippen molar-refractivity contribution in [2.24, 2.45) is 0 Å². The summed E-state index contributed by atoms with van der Waals surface area (Å²) in [4.78, 5) is 13.6. The summed E-state index contributed by atoms with van der Waals surface area (Å²) >= 11 is 0. The highest BCUT2D eigenvalue weighted by Gasteiger charge is 2.20. The van der Waals surface area contributed by atoms with Gasteiger partial charge in [-0.25, -0.2) is 0 Å². The number of ketones is 1. The summed E-state index contributed by atoms with van der Waals surface area (Å²) in [5.74, 6) is 3.04. The molecule has 0 aliphatic carbocycles. The number of hydrogen-bond donors (Lipinski definition) is 0. The molecule has 0 saturated carbocycles. The fourth-order valence-electron chi connectivity index (χ4n) is 3.53. The lowest BCUT2D eigenvalue weighted by atomic mass is 10.1. The van der Waals surface area contributed by atoms with Crippen LogP contribution in [0.25, 0.3) is 6.08 Å². The van der Waals surface area contributed by atoms with E-state index in [9.17, 15) is 4.79 Å². The zero-order valence-electron chi connectivity index (χ0n) is 23.9. The molecule has 0 spiro atoms. The fourth-order valence-corrected chi connectivity index (χ4v) is 3.53. The molecule has 0 bridgehead atoms. The van der Waals surface area contributed by atoms with E-state index >= 15 is 0 Å². The number of carbonyl (C=O) groups excluding carboxylic acids is 1. The van der Waals surface area contributed by atoms with Crippen LogP contribution in [0.3, 0.4) is 0 Å². The number of hydrogen-bond acceptors (Lipinski definition) is 7. The normalized spacial score (nSPS) is 10.9. The summed E-state index contributed by atoms with van der Waals surface area (Å²) < 4.78 is 35.3. The Labute approximate surface area is 228 Å². The monoisotopic (exact) mass is 528 g/mol. The van der Waals surface area contributed by atoms with Gasteiger partial charge >= 0.3 is 0 Å². The number of methoxy groups -OCH3 is 1. The van der Waals surface area contributed by atoms with Crippen LogP contribution in [0.2, 0.25) is 0 Å². The van der Waals surface area contributed by atoms with E-state index in [0.29, 0.717) is 78.7 Å². The third-order valence-electron chi connectivity index (χ3n) is 5.29. The molecule has 0 heterocycles. The SMILES string of the molecule is CCCOc1cc(C=CC(=O)c2cc(OCCC)cc(OCCC)c2OCCC)c(OCCC)c(OC)c1. The minimum atomic E-state index is -0.236. The van der Waals surface area contributed by atoms with Crippen molar-refractivity contribution in [1.82, 2.24) is 0 Å². The molecule has 0 radical (unpaired) electrons. The van der Waals surface area contributed by atoms with E-state index < -0.39 is 0 Å². The first-order chi connectivity index (χ1) is 18.5. The predicted molar refractivity (Wildman–Crippen MR) is 152 cm³/mol. The second kappa shape index (κ2) is 17.2. The van der Waals surface area contributed by atoms with Gasteiger partial charge in [-0.2, -0.15) is 0 Å². The highest BCUT2D eigenvalue weighted by molar-refractivity contribution is 6.09. The first-order valence-electron chi connectivity index (χ1n) is 13.8. The van der Waals surface area contributed by atoms with Gasteiger partial charge in [-0.3, -0.25) is 4.79 Å². The summed E-state index contributed by atoms with van der Waals surface area (Å²) in [6, 6.07) is 7.19. The van der Waals surface area contributed by atoms with E-state index in [1.54, 1.807) is 25.3 Å². The third kappa shape index (κ3) is 9.19. The van der Waals surface area contributed by atoms with Crippen molar-refractivity contribution in [3.63, 3.8) is 0 Å². The summed E-state index contributed by atoms with van der Waals surface area (Å²) in [5.41, 5.74) is 1.07. The average Bonchev–Trinajstić information content (AvgIpc) is 2.94. The van der Waals surface area contributed by atoms with Crippen molar-refractivity contribution in [2.45, 2.75) is 66.7 Å². The molecule has 7 heteroatoms. The Bertz CT molecular complexity index is 1030. The largest absolute Gasteiger partial charge is 0.493 e. The van der Waals surface area contributed by atoms with Crippen LogP contribution >= 0.6 is 0 Å². The number of benzene rings is 2. The lowest BCUT2D eigenvalue weighted by molar-refractivity contribution is 0.104. The zero-order chi connectivity index (χ0) is 27.8. The molecule has 0 N–H and O–H groups in total. The van der Waals surface area contributed by atoms with Crippen LogP contribution in [0.4, 0.5) is 0 Å². The van der Waals surface area contributed by atoms with Crippen molar-refractivity contribution in [3.05, 3.63) is 41.5 Å². The average molecular weight is 529 g/mol. The van der Waals surface area contributed by atoms with Gasteiger partial charge in [0.15, 0.2) is 28.8 Å². The molecule has 38 heavy (non-hydrogen) atoms. The summed E-state index contributed by atoms with van der Waals surface area (Å²) in [5, 5.41) is 0. The number of carbonyl (C=O) groups is 1. The zero-order valence-corrected chi connectivity index (χ0v) is 23.9. The number of ether oxygens (including phenoxy) is 6. The van der Waals surface area contributed by atoms with Crippen LogP contribution in [0.5, 0.6) is 34.5 Å². The van der Waals surface area contributed by atoms with Gasteiger partial charge in [0.2, 0.25) is 0 Å². The smallest absolute Gasteiger partial charge is 0.189 e. The van der Waals surface area contributed by atoms with E-state index in [-0.39, 0.29) is 5.78 Å². The predicted octanol–water partition coefficient (Wildman–Crippen LogP) is 7.54. The van der Waals surface area contributed by atoms with Gasteiger partial charge in [0.05, 0.1) is 45.7 Å². The first-order valence-corrected chi connectivity index (χ1v) is 13.8. The van der Waals surface area contributed by atoms with Crippen molar-refractivity contribution in [3.8, 4) is 34.5 Å². The minimum absolute atomic E-state index is 0.236. The molecule has 0 saturated heterocycles. The van der Waals surface area contributed by atoms with Crippen LogP contribution in [0, 0.1) is 0 Å². The van der Waals surface area contributed by atoms with Gasteiger partial charge in [-0.1, -0.05) is 34.6 Å². The number of rotatable bonds is 19. The second-order valence-corrected chi connectivity index (χ2v) is 8.78. The Morgan fingerprint density at radius 3 is 1.71 bits per heavy atom. The molecule has 2 aromatic rings. The molecule has 2 rings (SSSR count).